The van der Waals surface area contributed by atoms with E-state index in [9.17, 15) is 19.8 Å². The van der Waals surface area contributed by atoms with E-state index >= 15 is 0 Å². The molecule has 8 heteroatoms. The molecule has 0 amide bonds. The van der Waals surface area contributed by atoms with Crippen LogP contribution in [0.25, 0.3) is 0 Å². The van der Waals surface area contributed by atoms with Crippen molar-refractivity contribution in [2.24, 2.45) is 20.0 Å². The normalized spacial score (nSPS) is 17.4. The molecule has 0 aliphatic carbocycles. The SMILES string of the molecule is Cc1cc2c(cc1C)=NC(C(=O)O)(C1(C(=O)O)N=c3cc(C)c(C)cc3=N1)N=2. The van der Waals surface area contributed by atoms with Crippen LogP contribution in [0.5, 0.6) is 0 Å². The maximum atomic E-state index is 12.4. The minimum atomic E-state index is -2.41. The maximum Gasteiger partial charge on any atom is 0.360 e. The van der Waals surface area contributed by atoms with Gasteiger partial charge >= 0.3 is 23.3 Å². The zero-order chi connectivity index (χ0) is 20.4. The first-order valence-electron chi connectivity index (χ1n) is 8.70. The van der Waals surface area contributed by atoms with Gasteiger partial charge in [0.1, 0.15) is 0 Å². The summed E-state index contributed by atoms with van der Waals surface area (Å²) < 4.78 is 0. The molecule has 0 spiro atoms. The van der Waals surface area contributed by atoms with Crippen LogP contribution in [0.4, 0.5) is 0 Å². The largest absolute Gasteiger partial charge is 0.478 e. The number of hydrogen-bond acceptors (Lipinski definition) is 6. The standard InChI is InChI=1S/C20H18N4O4/c1-9-5-13-14(6-10(9)2)22-19(21-13,17(25)26)20(18(27)28)23-15-7-11(3)12(4)8-16(15)24-20/h5-8H,1-4H3,(H,25,26)(H,27,28). The van der Waals surface area contributed by atoms with Crippen molar-refractivity contribution in [3.63, 3.8) is 0 Å². The van der Waals surface area contributed by atoms with E-state index in [1.165, 1.54) is 0 Å². The van der Waals surface area contributed by atoms with E-state index in [1.54, 1.807) is 24.3 Å². The van der Waals surface area contributed by atoms with Crippen LogP contribution in [-0.4, -0.2) is 33.5 Å². The van der Waals surface area contributed by atoms with Gasteiger partial charge in [-0.2, -0.15) is 0 Å². The molecular formula is C20H18N4O4. The van der Waals surface area contributed by atoms with Crippen molar-refractivity contribution in [3.05, 3.63) is 67.9 Å². The molecule has 4 rings (SSSR count). The Morgan fingerprint density at radius 3 is 1.00 bits per heavy atom. The molecule has 2 aromatic carbocycles. The van der Waals surface area contributed by atoms with Gasteiger partial charge in [-0.25, -0.2) is 29.6 Å². The fourth-order valence-corrected chi connectivity index (χ4v) is 3.48. The molecule has 28 heavy (non-hydrogen) atoms. The van der Waals surface area contributed by atoms with E-state index in [0.29, 0.717) is 21.4 Å². The van der Waals surface area contributed by atoms with Crippen LogP contribution >= 0.6 is 0 Å². The Labute approximate surface area is 159 Å². The Kier molecular flexibility index (Phi) is 3.56. The molecule has 2 heterocycles. The maximum absolute atomic E-state index is 12.4. The van der Waals surface area contributed by atoms with Crippen LogP contribution in [0.3, 0.4) is 0 Å². The lowest BCUT2D eigenvalue weighted by Crippen LogP contribution is -2.59. The monoisotopic (exact) mass is 378 g/mol. The number of nitrogens with zero attached hydrogens (tertiary/aromatic N) is 4. The van der Waals surface area contributed by atoms with Crippen LogP contribution < -0.4 is 21.4 Å². The van der Waals surface area contributed by atoms with Crippen LogP contribution in [0.15, 0.2) is 44.2 Å². The van der Waals surface area contributed by atoms with Crippen molar-refractivity contribution in [1.82, 2.24) is 0 Å². The molecule has 2 N–H and O–H groups in total. The van der Waals surface area contributed by atoms with Crippen LogP contribution in [0, 0.1) is 27.7 Å². The molecule has 0 bridgehead atoms. The van der Waals surface area contributed by atoms with Crippen LogP contribution in [0.2, 0.25) is 0 Å². The summed E-state index contributed by atoms with van der Waals surface area (Å²) in [7, 11) is 0. The van der Waals surface area contributed by atoms with Gasteiger partial charge in [0.15, 0.2) is 0 Å². The minimum Gasteiger partial charge on any atom is -0.478 e. The van der Waals surface area contributed by atoms with E-state index in [2.05, 4.69) is 20.0 Å². The Morgan fingerprint density at radius 1 is 0.607 bits per heavy atom. The van der Waals surface area contributed by atoms with Crippen molar-refractivity contribution in [2.45, 2.75) is 39.0 Å². The second-order valence-electron chi connectivity index (χ2n) is 7.25. The van der Waals surface area contributed by atoms with E-state index in [-0.39, 0.29) is 0 Å². The summed E-state index contributed by atoms with van der Waals surface area (Å²) in [5.41, 5.74) is -1.22. The number of aryl methyl sites for hydroxylation is 4. The van der Waals surface area contributed by atoms with Gasteiger partial charge in [0.05, 0.1) is 21.4 Å². The highest BCUT2D eigenvalue weighted by Gasteiger charge is 2.66. The van der Waals surface area contributed by atoms with Gasteiger partial charge in [0.25, 0.3) is 0 Å². The topological polar surface area (TPSA) is 124 Å². The molecule has 142 valence electrons. The van der Waals surface area contributed by atoms with Crippen molar-refractivity contribution < 1.29 is 19.8 Å². The highest BCUT2D eigenvalue weighted by atomic mass is 16.4. The molecule has 2 aromatic rings. The van der Waals surface area contributed by atoms with Crippen LogP contribution in [0.1, 0.15) is 22.3 Å². The number of aliphatic carboxylic acids is 2. The molecule has 2 aliphatic rings. The third kappa shape index (κ3) is 2.17. The highest BCUT2D eigenvalue weighted by molar-refractivity contribution is 5.93. The van der Waals surface area contributed by atoms with Gasteiger partial charge in [-0.1, -0.05) is 0 Å². The number of carboxylic acid groups (broad SMARTS) is 2. The smallest absolute Gasteiger partial charge is 0.360 e. The summed E-state index contributed by atoms with van der Waals surface area (Å²) in [4.78, 5) is 41.8. The van der Waals surface area contributed by atoms with Gasteiger partial charge in [-0.15, -0.1) is 0 Å². The molecule has 0 unspecified atom stereocenters. The van der Waals surface area contributed by atoms with Gasteiger partial charge in [-0.3, -0.25) is 0 Å². The Morgan fingerprint density at radius 2 is 0.821 bits per heavy atom. The highest BCUT2D eigenvalue weighted by Crippen LogP contribution is 2.35. The Hall–Kier alpha value is -3.42. The molecule has 0 saturated carbocycles. The lowest BCUT2D eigenvalue weighted by Gasteiger charge is -2.29. The van der Waals surface area contributed by atoms with Crippen LogP contribution in [-0.2, 0) is 9.59 Å². The number of benzene rings is 2. The third-order valence-electron chi connectivity index (χ3n) is 5.39. The van der Waals surface area contributed by atoms with Crippen molar-refractivity contribution >= 4 is 11.9 Å². The molecular weight excluding hydrogens is 360 g/mol. The Balaban J connectivity index is 2.10. The summed E-state index contributed by atoms with van der Waals surface area (Å²) in [5, 5.41) is 21.4. The summed E-state index contributed by atoms with van der Waals surface area (Å²) in [6.45, 7) is 7.46. The lowest BCUT2D eigenvalue weighted by atomic mass is 9.95. The number of carbonyl (C=O) groups is 2. The van der Waals surface area contributed by atoms with Crippen molar-refractivity contribution in [3.8, 4) is 0 Å². The predicted molar refractivity (Wildman–Crippen MR) is 97.2 cm³/mol. The quantitative estimate of drug-likeness (QED) is 0.760. The molecule has 0 saturated heterocycles. The predicted octanol–water partition coefficient (Wildman–Crippen LogP) is -0.312. The second kappa shape index (κ2) is 5.54. The van der Waals surface area contributed by atoms with E-state index < -0.39 is 23.3 Å². The first-order valence-corrected chi connectivity index (χ1v) is 8.70. The third-order valence-corrected chi connectivity index (χ3v) is 5.39. The van der Waals surface area contributed by atoms with Crippen molar-refractivity contribution in [1.29, 1.82) is 0 Å². The molecule has 0 atom stereocenters. The first-order chi connectivity index (χ1) is 13.1. The minimum absolute atomic E-state index is 0.319. The zero-order valence-electron chi connectivity index (χ0n) is 15.8. The van der Waals surface area contributed by atoms with Crippen molar-refractivity contribution in [2.75, 3.05) is 0 Å². The number of hydrogen-bond donors (Lipinski definition) is 2. The molecule has 0 radical (unpaired) electrons. The summed E-state index contributed by atoms with van der Waals surface area (Å²) in [6, 6.07) is 6.80. The van der Waals surface area contributed by atoms with Gasteiger partial charge < -0.3 is 10.2 Å². The molecule has 0 aromatic heterocycles. The van der Waals surface area contributed by atoms with E-state index in [1.807, 2.05) is 27.7 Å². The van der Waals surface area contributed by atoms with Gasteiger partial charge in [0, 0.05) is 0 Å². The first kappa shape index (κ1) is 18.0. The summed E-state index contributed by atoms with van der Waals surface area (Å²) in [5.74, 6) is -3.04. The fourth-order valence-electron chi connectivity index (χ4n) is 3.48. The summed E-state index contributed by atoms with van der Waals surface area (Å²) in [6.07, 6.45) is 0. The zero-order valence-corrected chi connectivity index (χ0v) is 15.8. The number of rotatable bonds is 3. The van der Waals surface area contributed by atoms with Gasteiger partial charge in [0.2, 0.25) is 0 Å². The summed E-state index contributed by atoms with van der Waals surface area (Å²) >= 11 is 0. The number of fused-ring (bicyclic) bond motifs is 2. The fraction of sp³-hybridized carbons (Fsp3) is 0.300. The average Bonchev–Trinajstić information content (AvgIpc) is 3.16. The van der Waals surface area contributed by atoms with E-state index in [4.69, 9.17) is 0 Å². The molecule has 0 fully saturated rings. The second-order valence-corrected chi connectivity index (χ2v) is 7.25. The Bertz CT molecular complexity index is 1140. The van der Waals surface area contributed by atoms with Gasteiger partial charge in [-0.05, 0) is 74.2 Å². The van der Waals surface area contributed by atoms with E-state index in [0.717, 1.165) is 22.3 Å². The average molecular weight is 378 g/mol. The molecule has 8 nitrogen and oxygen atoms in total. The lowest BCUT2D eigenvalue weighted by molar-refractivity contribution is -0.156. The number of carboxylic acids is 2. The molecule has 2 aliphatic heterocycles.